The molecule has 0 unspecified atom stereocenters. The van der Waals surface area contributed by atoms with Gasteiger partial charge in [-0.05, 0) is 28.8 Å². The summed E-state index contributed by atoms with van der Waals surface area (Å²) in [7, 11) is 2.02. The third kappa shape index (κ3) is 2.91. The van der Waals surface area contributed by atoms with Crippen LogP contribution in [0.25, 0.3) is 0 Å². The van der Waals surface area contributed by atoms with E-state index in [9.17, 15) is 0 Å². The Morgan fingerprint density at radius 1 is 1.50 bits per heavy atom. The molecule has 5 nitrogen and oxygen atoms in total. The van der Waals surface area contributed by atoms with Gasteiger partial charge in [-0.25, -0.2) is 4.98 Å². The first-order valence-corrected chi connectivity index (χ1v) is 7.61. The molecule has 3 rings (SSSR count). The fourth-order valence-corrected chi connectivity index (χ4v) is 3.04. The van der Waals surface area contributed by atoms with Crippen LogP contribution in [0.3, 0.4) is 0 Å². The van der Waals surface area contributed by atoms with Crippen LogP contribution in [0.1, 0.15) is 23.6 Å². The summed E-state index contributed by atoms with van der Waals surface area (Å²) in [5.41, 5.74) is 8.12. The zero-order chi connectivity index (χ0) is 13.9. The Morgan fingerprint density at radius 3 is 3.10 bits per heavy atom. The van der Waals surface area contributed by atoms with Crippen LogP contribution in [0.2, 0.25) is 0 Å². The highest BCUT2D eigenvalue weighted by Gasteiger charge is 2.21. The fourth-order valence-electron chi connectivity index (χ4n) is 2.38. The number of rotatable bonds is 4. The molecule has 2 N–H and O–H groups in total. The quantitative estimate of drug-likeness (QED) is 0.935. The zero-order valence-corrected chi connectivity index (χ0v) is 12.3. The number of nitrogen functional groups attached to an aromatic ring is 1. The van der Waals surface area contributed by atoms with Gasteiger partial charge in [-0.1, -0.05) is 0 Å². The Labute approximate surface area is 122 Å². The molecule has 1 saturated heterocycles. The summed E-state index contributed by atoms with van der Waals surface area (Å²) in [5.74, 6) is 1.54. The number of nitrogens with zero attached hydrogens (tertiary/aromatic N) is 3. The Kier molecular flexibility index (Phi) is 3.84. The second-order valence-corrected chi connectivity index (χ2v) is 5.84. The molecule has 1 atom stereocenters. The van der Waals surface area contributed by atoms with E-state index in [-0.39, 0.29) is 0 Å². The standard InChI is InChI=1S/C14H18N4OS/c1-18(7-10-3-5-20-9-10)13-6-12(16-14(15)17-13)11-2-4-19-8-11/h3,5-6,9,11H,2,4,7-8H2,1H3,(H2,15,16,17)/t11-/m0/s1. The van der Waals surface area contributed by atoms with E-state index >= 15 is 0 Å². The van der Waals surface area contributed by atoms with Gasteiger partial charge in [0.1, 0.15) is 5.82 Å². The first-order valence-electron chi connectivity index (χ1n) is 6.67. The highest BCUT2D eigenvalue weighted by molar-refractivity contribution is 7.07. The maximum Gasteiger partial charge on any atom is 0.222 e. The number of nitrogens with two attached hydrogens (primary N) is 1. The summed E-state index contributed by atoms with van der Waals surface area (Å²) >= 11 is 1.70. The molecular weight excluding hydrogens is 272 g/mol. The minimum Gasteiger partial charge on any atom is -0.381 e. The van der Waals surface area contributed by atoms with Gasteiger partial charge in [0, 0.05) is 32.2 Å². The lowest BCUT2D eigenvalue weighted by Crippen LogP contribution is -2.19. The molecule has 0 bridgehead atoms. The van der Waals surface area contributed by atoms with Gasteiger partial charge in [0.15, 0.2) is 0 Å². The highest BCUT2D eigenvalue weighted by atomic mass is 32.1. The van der Waals surface area contributed by atoms with Gasteiger partial charge in [0.2, 0.25) is 5.95 Å². The minimum absolute atomic E-state index is 0.335. The summed E-state index contributed by atoms with van der Waals surface area (Å²) in [6, 6.07) is 4.15. The maximum atomic E-state index is 5.85. The number of hydrogen-bond acceptors (Lipinski definition) is 6. The topological polar surface area (TPSA) is 64.3 Å². The molecule has 1 aliphatic rings. The highest BCUT2D eigenvalue weighted by Crippen LogP contribution is 2.26. The van der Waals surface area contributed by atoms with Crippen LogP contribution in [0.4, 0.5) is 11.8 Å². The van der Waals surface area contributed by atoms with Gasteiger partial charge in [-0.3, -0.25) is 0 Å². The summed E-state index contributed by atoms with van der Waals surface area (Å²) in [4.78, 5) is 10.8. The molecule has 3 heterocycles. The molecule has 0 aliphatic carbocycles. The normalized spacial score (nSPS) is 18.4. The van der Waals surface area contributed by atoms with Gasteiger partial charge in [-0.15, -0.1) is 0 Å². The molecule has 6 heteroatoms. The molecule has 0 spiro atoms. The van der Waals surface area contributed by atoms with Gasteiger partial charge < -0.3 is 15.4 Å². The third-order valence-corrected chi connectivity index (χ3v) is 4.22. The molecular formula is C14H18N4OS. The lowest BCUT2D eigenvalue weighted by molar-refractivity contribution is 0.193. The average molecular weight is 290 g/mol. The van der Waals surface area contributed by atoms with Gasteiger partial charge in [0.25, 0.3) is 0 Å². The summed E-state index contributed by atoms with van der Waals surface area (Å²) in [5, 5.41) is 4.23. The monoisotopic (exact) mass is 290 g/mol. The van der Waals surface area contributed by atoms with Crippen molar-refractivity contribution in [3.63, 3.8) is 0 Å². The van der Waals surface area contributed by atoms with E-state index in [1.165, 1.54) is 5.56 Å². The zero-order valence-electron chi connectivity index (χ0n) is 11.5. The Morgan fingerprint density at radius 2 is 2.40 bits per heavy atom. The third-order valence-electron chi connectivity index (χ3n) is 3.49. The van der Waals surface area contributed by atoms with Crippen LogP contribution in [-0.4, -0.2) is 30.2 Å². The summed E-state index contributed by atoms with van der Waals surface area (Å²) in [6.45, 7) is 2.35. The van der Waals surface area contributed by atoms with Gasteiger partial charge >= 0.3 is 0 Å². The molecule has 20 heavy (non-hydrogen) atoms. The van der Waals surface area contributed by atoms with Crippen LogP contribution in [0.5, 0.6) is 0 Å². The smallest absolute Gasteiger partial charge is 0.222 e. The van der Waals surface area contributed by atoms with E-state index in [1.54, 1.807) is 11.3 Å². The van der Waals surface area contributed by atoms with Gasteiger partial charge in [0.05, 0.1) is 12.3 Å². The van der Waals surface area contributed by atoms with E-state index in [0.29, 0.717) is 11.9 Å². The summed E-state index contributed by atoms with van der Waals surface area (Å²) in [6.07, 6.45) is 1.00. The molecule has 1 aliphatic heterocycles. The SMILES string of the molecule is CN(Cc1ccsc1)c1cc([C@H]2CCOC2)nc(N)n1. The first kappa shape index (κ1) is 13.3. The molecule has 0 radical (unpaired) electrons. The molecule has 0 aromatic carbocycles. The van der Waals surface area contributed by atoms with Crippen molar-refractivity contribution in [1.82, 2.24) is 9.97 Å². The second-order valence-electron chi connectivity index (χ2n) is 5.06. The molecule has 1 fully saturated rings. The molecule has 2 aromatic rings. The van der Waals surface area contributed by atoms with E-state index in [2.05, 4.69) is 31.7 Å². The predicted octanol–water partition coefficient (Wildman–Crippen LogP) is 2.26. The molecule has 0 amide bonds. The van der Waals surface area contributed by atoms with Crippen molar-refractivity contribution in [2.24, 2.45) is 0 Å². The van der Waals surface area contributed by atoms with Crippen molar-refractivity contribution < 1.29 is 4.74 Å². The first-order chi connectivity index (χ1) is 9.72. The lowest BCUT2D eigenvalue weighted by atomic mass is 10.0. The van der Waals surface area contributed by atoms with Crippen molar-refractivity contribution >= 4 is 23.1 Å². The van der Waals surface area contributed by atoms with Crippen LogP contribution in [0.15, 0.2) is 22.9 Å². The predicted molar refractivity (Wildman–Crippen MR) is 81.0 cm³/mol. The Balaban J connectivity index is 1.81. The van der Waals surface area contributed by atoms with Crippen molar-refractivity contribution in [1.29, 1.82) is 0 Å². The average Bonchev–Trinajstić information content (AvgIpc) is 3.11. The number of aromatic nitrogens is 2. The van der Waals surface area contributed by atoms with E-state index in [4.69, 9.17) is 10.5 Å². The lowest BCUT2D eigenvalue weighted by Gasteiger charge is -2.19. The van der Waals surface area contributed by atoms with Crippen LogP contribution in [-0.2, 0) is 11.3 Å². The van der Waals surface area contributed by atoms with E-state index in [1.807, 2.05) is 13.1 Å². The molecule has 2 aromatic heterocycles. The largest absolute Gasteiger partial charge is 0.381 e. The number of ether oxygens (including phenoxy) is 1. The van der Waals surface area contributed by atoms with Crippen LogP contribution < -0.4 is 10.6 Å². The molecule has 106 valence electrons. The van der Waals surface area contributed by atoms with Gasteiger partial charge in [-0.2, -0.15) is 16.3 Å². The van der Waals surface area contributed by atoms with E-state index in [0.717, 1.165) is 37.7 Å². The second kappa shape index (κ2) is 5.76. The molecule has 0 saturated carbocycles. The maximum absolute atomic E-state index is 5.85. The number of anilines is 2. The van der Waals surface area contributed by atoms with Crippen LogP contribution >= 0.6 is 11.3 Å². The van der Waals surface area contributed by atoms with Crippen molar-refractivity contribution in [2.75, 3.05) is 30.9 Å². The Hall–Kier alpha value is -1.66. The number of thiophene rings is 1. The van der Waals surface area contributed by atoms with Crippen molar-refractivity contribution in [3.05, 3.63) is 34.2 Å². The van der Waals surface area contributed by atoms with Crippen molar-refractivity contribution in [3.8, 4) is 0 Å². The van der Waals surface area contributed by atoms with E-state index < -0.39 is 0 Å². The minimum atomic E-state index is 0.335. The summed E-state index contributed by atoms with van der Waals surface area (Å²) < 4.78 is 5.42. The fraction of sp³-hybridized carbons (Fsp3) is 0.429. The number of hydrogen-bond donors (Lipinski definition) is 1. The van der Waals surface area contributed by atoms with Crippen molar-refractivity contribution in [2.45, 2.75) is 18.9 Å². The van der Waals surface area contributed by atoms with Crippen LogP contribution in [0, 0.1) is 0 Å². The Bertz CT molecular complexity index is 567.